The van der Waals surface area contributed by atoms with Crippen molar-refractivity contribution < 1.29 is 5.11 Å². The first-order valence-corrected chi connectivity index (χ1v) is 9.35. The summed E-state index contributed by atoms with van der Waals surface area (Å²) in [6, 6.07) is 8.32. The summed E-state index contributed by atoms with van der Waals surface area (Å²) in [4.78, 5) is 9.09. The van der Waals surface area contributed by atoms with E-state index in [0.29, 0.717) is 30.1 Å². The Balaban J connectivity index is 1.53. The van der Waals surface area contributed by atoms with E-state index in [0.717, 1.165) is 5.56 Å². The van der Waals surface area contributed by atoms with E-state index in [4.69, 9.17) is 10.1 Å². The molecule has 0 aliphatic heterocycles. The summed E-state index contributed by atoms with van der Waals surface area (Å²) in [5.41, 5.74) is 3.88. The Kier molecular flexibility index (Phi) is 3.88. The van der Waals surface area contributed by atoms with Gasteiger partial charge in [-0.15, -0.1) is 16.4 Å². The van der Waals surface area contributed by atoms with Crippen LogP contribution in [0.15, 0.2) is 48.2 Å². The molecule has 8 nitrogen and oxygen atoms in total. The molecule has 4 heterocycles. The van der Waals surface area contributed by atoms with Gasteiger partial charge in [-0.2, -0.15) is 5.10 Å². The van der Waals surface area contributed by atoms with Crippen LogP contribution in [0.25, 0.3) is 32.6 Å². The number of benzene rings is 1. The molecule has 0 aliphatic rings. The van der Waals surface area contributed by atoms with E-state index in [-0.39, 0.29) is 6.61 Å². The molecule has 0 unspecified atom stereocenters. The van der Waals surface area contributed by atoms with Crippen LogP contribution >= 0.6 is 11.3 Å². The molecule has 0 saturated carbocycles. The molecule has 0 aliphatic carbocycles. The second-order valence-corrected chi connectivity index (χ2v) is 7.03. The third kappa shape index (κ3) is 2.86. The zero-order chi connectivity index (χ0) is 18.2. The first kappa shape index (κ1) is 16.0. The van der Waals surface area contributed by atoms with Crippen molar-refractivity contribution in [1.29, 1.82) is 0 Å². The van der Waals surface area contributed by atoms with Crippen LogP contribution in [-0.2, 0) is 13.1 Å². The standard InChI is InChI=1S/C18H15N7OS/c26-6-5-24-9-12(7-20-24)15-8-19-17-18(21-15)25(23-22-17)10-13-11-27-16-4-2-1-3-14(13)16/h1-4,7-9,11,26H,5-6,10H2. The van der Waals surface area contributed by atoms with Crippen molar-refractivity contribution in [1.82, 2.24) is 34.7 Å². The summed E-state index contributed by atoms with van der Waals surface area (Å²) >= 11 is 1.72. The summed E-state index contributed by atoms with van der Waals surface area (Å²) in [7, 11) is 0. The molecule has 134 valence electrons. The quantitative estimate of drug-likeness (QED) is 0.505. The van der Waals surface area contributed by atoms with Crippen LogP contribution in [0.2, 0.25) is 0 Å². The molecule has 0 saturated heterocycles. The summed E-state index contributed by atoms with van der Waals surface area (Å²) < 4.78 is 4.70. The highest BCUT2D eigenvalue weighted by atomic mass is 32.1. The normalized spacial score (nSPS) is 11.6. The third-order valence-corrected chi connectivity index (χ3v) is 5.38. The van der Waals surface area contributed by atoms with E-state index >= 15 is 0 Å². The van der Waals surface area contributed by atoms with Crippen molar-refractivity contribution in [3.8, 4) is 11.3 Å². The average molecular weight is 377 g/mol. The van der Waals surface area contributed by atoms with E-state index in [9.17, 15) is 0 Å². The van der Waals surface area contributed by atoms with Crippen molar-refractivity contribution in [2.45, 2.75) is 13.1 Å². The van der Waals surface area contributed by atoms with Gasteiger partial charge < -0.3 is 5.11 Å². The molecule has 0 atom stereocenters. The first-order chi connectivity index (χ1) is 13.3. The lowest BCUT2D eigenvalue weighted by Crippen LogP contribution is -2.03. The van der Waals surface area contributed by atoms with E-state index < -0.39 is 0 Å². The molecule has 27 heavy (non-hydrogen) atoms. The van der Waals surface area contributed by atoms with Gasteiger partial charge in [0, 0.05) is 16.5 Å². The summed E-state index contributed by atoms with van der Waals surface area (Å²) in [5, 5.41) is 25.0. The van der Waals surface area contributed by atoms with Crippen molar-refractivity contribution in [3.63, 3.8) is 0 Å². The molecule has 4 aromatic heterocycles. The Morgan fingerprint density at radius 2 is 2.07 bits per heavy atom. The average Bonchev–Trinajstić information content (AvgIpc) is 3.42. The zero-order valence-electron chi connectivity index (χ0n) is 14.2. The fourth-order valence-electron chi connectivity index (χ4n) is 3.04. The van der Waals surface area contributed by atoms with E-state index in [1.165, 1.54) is 15.6 Å². The predicted molar refractivity (Wildman–Crippen MR) is 102 cm³/mol. The molecule has 0 radical (unpaired) electrons. The van der Waals surface area contributed by atoms with Crippen LogP contribution in [0.4, 0.5) is 0 Å². The second kappa shape index (κ2) is 6.53. The maximum Gasteiger partial charge on any atom is 0.221 e. The molecule has 1 aromatic carbocycles. The van der Waals surface area contributed by atoms with Crippen LogP contribution in [-0.4, -0.2) is 46.5 Å². The minimum atomic E-state index is 0.0388. The van der Waals surface area contributed by atoms with E-state index in [1.807, 2.05) is 18.3 Å². The predicted octanol–water partition coefficient (Wildman–Crippen LogP) is 2.34. The maximum absolute atomic E-state index is 9.04. The van der Waals surface area contributed by atoms with Crippen molar-refractivity contribution in [2.75, 3.05) is 6.61 Å². The fraction of sp³-hybridized carbons (Fsp3) is 0.167. The first-order valence-electron chi connectivity index (χ1n) is 8.47. The zero-order valence-corrected chi connectivity index (χ0v) is 15.0. The number of thiophene rings is 1. The number of aromatic nitrogens is 7. The third-order valence-electron chi connectivity index (χ3n) is 4.37. The molecule has 5 aromatic rings. The van der Waals surface area contributed by atoms with Gasteiger partial charge in [0.25, 0.3) is 0 Å². The van der Waals surface area contributed by atoms with Crippen LogP contribution in [0.3, 0.4) is 0 Å². The minimum Gasteiger partial charge on any atom is -0.394 e. The van der Waals surface area contributed by atoms with Gasteiger partial charge in [-0.25, -0.2) is 14.6 Å². The second-order valence-electron chi connectivity index (χ2n) is 6.12. The maximum atomic E-state index is 9.04. The Morgan fingerprint density at radius 1 is 1.15 bits per heavy atom. The van der Waals surface area contributed by atoms with E-state index in [1.54, 1.807) is 33.1 Å². The van der Waals surface area contributed by atoms with E-state index in [2.05, 4.69) is 37.9 Å². The Bertz CT molecular complexity index is 1240. The molecule has 0 bridgehead atoms. The van der Waals surface area contributed by atoms with Crippen molar-refractivity contribution in [3.05, 3.63) is 53.8 Å². The van der Waals surface area contributed by atoms with Crippen LogP contribution in [0.1, 0.15) is 5.56 Å². The Hall–Kier alpha value is -3.17. The summed E-state index contributed by atoms with van der Waals surface area (Å²) in [5.74, 6) is 0. The lowest BCUT2D eigenvalue weighted by molar-refractivity contribution is 0.269. The molecule has 9 heteroatoms. The number of nitrogens with zero attached hydrogens (tertiary/aromatic N) is 7. The number of rotatable bonds is 5. The highest BCUT2D eigenvalue weighted by Gasteiger charge is 2.13. The number of aliphatic hydroxyl groups is 1. The van der Waals surface area contributed by atoms with Crippen LogP contribution < -0.4 is 0 Å². The lowest BCUT2D eigenvalue weighted by atomic mass is 10.2. The smallest absolute Gasteiger partial charge is 0.221 e. The molecule has 0 amide bonds. The number of fused-ring (bicyclic) bond motifs is 2. The van der Waals surface area contributed by atoms with Gasteiger partial charge in [0.15, 0.2) is 5.65 Å². The minimum absolute atomic E-state index is 0.0388. The van der Waals surface area contributed by atoms with Gasteiger partial charge in [-0.3, -0.25) is 4.68 Å². The van der Waals surface area contributed by atoms with Crippen LogP contribution in [0.5, 0.6) is 0 Å². The van der Waals surface area contributed by atoms with Gasteiger partial charge in [-0.1, -0.05) is 23.4 Å². The number of aliphatic hydroxyl groups excluding tert-OH is 1. The van der Waals surface area contributed by atoms with Gasteiger partial charge >= 0.3 is 0 Å². The molecular formula is C18H15N7OS. The summed E-state index contributed by atoms with van der Waals surface area (Å²) in [6.45, 7) is 1.07. The molecule has 0 fully saturated rings. The fourth-order valence-corrected chi connectivity index (χ4v) is 3.99. The van der Waals surface area contributed by atoms with Crippen molar-refractivity contribution in [2.24, 2.45) is 0 Å². The molecule has 5 rings (SSSR count). The molecule has 1 N–H and O–H groups in total. The number of hydrogen-bond donors (Lipinski definition) is 1. The van der Waals surface area contributed by atoms with Crippen molar-refractivity contribution >= 4 is 32.7 Å². The highest BCUT2D eigenvalue weighted by molar-refractivity contribution is 7.17. The Morgan fingerprint density at radius 3 is 3.00 bits per heavy atom. The SMILES string of the molecule is OCCn1cc(-c2cnc3nnn(Cc4csc5ccccc45)c3n2)cn1. The van der Waals surface area contributed by atoms with Gasteiger partial charge in [0.2, 0.25) is 5.65 Å². The topological polar surface area (TPSA) is 94.5 Å². The monoisotopic (exact) mass is 377 g/mol. The molecule has 0 spiro atoms. The summed E-state index contributed by atoms with van der Waals surface area (Å²) in [6.07, 6.45) is 5.22. The van der Waals surface area contributed by atoms with Gasteiger partial charge in [0.05, 0.1) is 37.8 Å². The largest absolute Gasteiger partial charge is 0.394 e. The highest BCUT2D eigenvalue weighted by Crippen LogP contribution is 2.27. The lowest BCUT2D eigenvalue weighted by Gasteiger charge is -2.02. The van der Waals surface area contributed by atoms with Gasteiger partial charge in [0.1, 0.15) is 0 Å². The number of hydrogen-bond acceptors (Lipinski definition) is 7. The van der Waals surface area contributed by atoms with Crippen LogP contribution in [0, 0.1) is 0 Å². The Labute approximate surface area is 157 Å². The van der Waals surface area contributed by atoms with Gasteiger partial charge in [-0.05, 0) is 22.4 Å². The molecular weight excluding hydrogens is 362 g/mol.